The number of phenolic OH excluding ortho intramolecular Hbond substituents is 1. The number of likely N-dealkylation sites (N-methyl/N-ethyl adjacent to an activating group) is 1. The molecular weight excluding hydrogens is 580 g/mol. The van der Waals surface area contributed by atoms with Crippen molar-refractivity contribution in [3.8, 4) is 16.9 Å². The van der Waals surface area contributed by atoms with Crippen molar-refractivity contribution in [2.75, 3.05) is 33.2 Å². The van der Waals surface area contributed by atoms with E-state index in [2.05, 4.69) is 16.0 Å². The molecule has 0 aromatic heterocycles. The fraction of sp³-hybridized carbons (Fsp3) is 0.484. The number of carbonyl (C=O) groups excluding carboxylic acids is 4. The lowest BCUT2D eigenvalue weighted by Gasteiger charge is -2.33. The van der Waals surface area contributed by atoms with Crippen LogP contribution in [0.4, 0.5) is 0 Å². The van der Waals surface area contributed by atoms with Crippen LogP contribution in [0.3, 0.4) is 0 Å². The molecule has 4 bridgehead atoms. The van der Waals surface area contributed by atoms with Crippen molar-refractivity contribution in [2.24, 2.45) is 22.9 Å². The monoisotopic (exact) mass is 626 g/mol. The number of aliphatic hydroxyl groups is 1. The first-order chi connectivity index (χ1) is 21.5. The second-order valence-electron chi connectivity index (χ2n) is 11.3. The standard InChI is InChI=1S/C31H46N8O6/c1-39-26(30(44)37-24(6-3-9-32)29(43)36-11-10-33)13-18-4-2-5-19(12-18)20-7-8-27(41)21(14-20)15-23(35)28(42)38-25(31(39)45)16-22(40)17-34/h2,4-5,7-8,12,14,22-26,40-41H,3,6,9-11,13,15-17,32-35H2,1H3,(H,36,43)(H,37,44)(H,38,42)/t22-,23+,24+,25+,26+/m1/s1. The topological polar surface area (TPSA) is 252 Å². The van der Waals surface area contributed by atoms with E-state index in [0.717, 1.165) is 11.1 Å². The summed E-state index contributed by atoms with van der Waals surface area (Å²) in [6, 6.07) is 7.87. The highest BCUT2D eigenvalue weighted by atomic mass is 16.3. The van der Waals surface area contributed by atoms with Gasteiger partial charge in [-0.1, -0.05) is 30.3 Å². The summed E-state index contributed by atoms with van der Waals surface area (Å²) in [5.41, 5.74) is 25.7. The Bertz CT molecular complexity index is 1340. The zero-order valence-corrected chi connectivity index (χ0v) is 25.6. The van der Waals surface area contributed by atoms with Crippen LogP contribution in [0.1, 0.15) is 30.4 Å². The van der Waals surface area contributed by atoms with Crippen LogP contribution in [0.25, 0.3) is 11.1 Å². The first-order valence-corrected chi connectivity index (χ1v) is 15.1. The fourth-order valence-electron chi connectivity index (χ4n) is 5.21. The van der Waals surface area contributed by atoms with Crippen molar-refractivity contribution < 1.29 is 29.4 Å². The van der Waals surface area contributed by atoms with Crippen LogP contribution in [0.2, 0.25) is 0 Å². The number of nitrogens with one attached hydrogen (secondary N) is 3. The molecule has 0 radical (unpaired) electrons. The Morgan fingerprint density at radius 3 is 2.49 bits per heavy atom. The van der Waals surface area contributed by atoms with Gasteiger partial charge in [-0.05, 0) is 53.8 Å². The van der Waals surface area contributed by atoms with Gasteiger partial charge in [-0.3, -0.25) is 19.2 Å². The second kappa shape index (κ2) is 16.8. The molecular formula is C31H46N8O6. The van der Waals surface area contributed by atoms with Crippen LogP contribution in [-0.2, 0) is 32.0 Å². The molecule has 3 rings (SSSR count). The summed E-state index contributed by atoms with van der Waals surface area (Å²) in [5.74, 6) is -2.42. The Kier molecular flexibility index (Phi) is 13.2. The van der Waals surface area contributed by atoms with Gasteiger partial charge in [0.25, 0.3) is 0 Å². The molecule has 2 aromatic rings. The smallest absolute Gasteiger partial charge is 0.245 e. The number of fused-ring (bicyclic) bond motifs is 5. The number of hydrogen-bond acceptors (Lipinski definition) is 10. The number of nitrogens with zero attached hydrogens (tertiary/aromatic N) is 1. The van der Waals surface area contributed by atoms with Gasteiger partial charge in [-0.25, -0.2) is 0 Å². The van der Waals surface area contributed by atoms with E-state index in [1.165, 1.54) is 18.0 Å². The zero-order chi connectivity index (χ0) is 33.1. The molecule has 1 aliphatic heterocycles. The van der Waals surface area contributed by atoms with Crippen LogP contribution >= 0.6 is 0 Å². The van der Waals surface area contributed by atoms with Crippen LogP contribution in [-0.4, -0.2) is 102 Å². The molecule has 45 heavy (non-hydrogen) atoms. The molecule has 0 fully saturated rings. The Morgan fingerprint density at radius 2 is 1.80 bits per heavy atom. The maximum Gasteiger partial charge on any atom is 0.245 e. The number of amides is 4. The quantitative estimate of drug-likeness (QED) is 0.130. The van der Waals surface area contributed by atoms with Crippen molar-refractivity contribution in [3.63, 3.8) is 0 Å². The van der Waals surface area contributed by atoms with Gasteiger partial charge in [-0.2, -0.15) is 0 Å². The van der Waals surface area contributed by atoms with Crippen molar-refractivity contribution in [3.05, 3.63) is 53.6 Å². The summed E-state index contributed by atoms with van der Waals surface area (Å²) in [6.07, 6.45) is -0.613. The van der Waals surface area contributed by atoms with Crippen LogP contribution in [0, 0.1) is 0 Å². The van der Waals surface area contributed by atoms with Gasteiger partial charge in [0, 0.05) is 45.9 Å². The van der Waals surface area contributed by atoms with Gasteiger partial charge in [0.15, 0.2) is 0 Å². The van der Waals surface area contributed by atoms with Crippen LogP contribution in [0.15, 0.2) is 42.5 Å². The predicted octanol–water partition coefficient (Wildman–Crippen LogP) is -2.19. The highest BCUT2D eigenvalue weighted by Crippen LogP contribution is 2.28. The number of phenols is 1. The molecule has 0 aliphatic carbocycles. The molecule has 4 amide bonds. The van der Waals surface area contributed by atoms with E-state index in [1.807, 2.05) is 24.3 Å². The lowest BCUT2D eigenvalue weighted by molar-refractivity contribution is -0.143. The van der Waals surface area contributed by atoms with Gasteiger partial charge in [-0.15, -0.1) is 0 Å². The molecule has 2 aromatic carbocycles. The van der Waals surface area contributed by atoms with Gasteiger partial charge in [0.2, 0.25) is 23.6 Å². The van der Waals surface area contributed by atoms with Crippen molar-refractivity contribution >= 4 is 23.6 Å². The van der Waals surface area contributed by atoms with E-state index in [1.54, 1.807) is 12.1 Å². The maximum atomic E-state index is 14.0. The highest BCUT2D eigenvalue weighted by molar-refractivity contribution is 5.95. The number of aliphatic hydroxyl groups excluding tert-OH is 1. The molecule has 246 valence electrons. The van der Waals surface area contributed by atoms with E-state index in [-0.39, 0.29) is 51.1 Å². The summed E-state index contributed by atoms with van der Waals surface area (Å²) in [4.78, 5) is 55.2. The largest absolute Gasteiger partial charge is 0.508 e. The molecule has 0 saturated heterocycles. The molecule has 13 N–H and O–H groups in total. The summed E-state index contributed by atoms with van der Waals surface area (Å²) < 4.78 is 0. The molecule has 14 heteroatoms. The summed E-state index contributed by atoms with van der Waals surface area (Å²) in [7, 11) is 1.42. The molecule has 0 unspecified atom stereocenters. The van der Waals surface area contributed by atoms with Crippen LogP contribution < -0.4 is 38.9 Å². The lowest BCUT2D eigenvalue weighted by atomic mass is 9.95. The molecule has 5 atom stereocenters. The Hall–Kier alpha value is -4.08. The minimum absolute atomic E-state index is 0.0250. The van der Waals surface area contributed by atoms with E-state index in [9.17, 15) is 29.4 Å². The lowest BCUT2D eigenvalue weighted by Crippen LogP contribution is -2.59. The SMILES string of the molecule is CN1C(=O)[C@H](C[C@@H](O)CN)NC(=O)[C@@H](N)Cc2cc(ccc2O)-c2cccc(c2)C[C@H]1C(=O)N[C@@H](CCCN)C(=O)NCCN. The van der Waals surface area contributed by atoms with Gasteiger partial charge < -0.3 is 54.0 Å². The second-order valence-corrected chi connectivity index (χ2v) is 11.3. The average Bonchev–Trinajstić information content (AvgIpc) is 3.03. The van der Waals surface area contributed by atoms with Crippen molar-refractivity contribution in [1.29, 1.82) is 0 Å². The fourth-order valence-corrected chi connectivity index (χ4v) is 5.21. The minimum atomic E-state index is -1.28. The molecule has 14 nitrogen and oxygen atoms in total. The molecule has 1 aliphatic rings. The van der Waals surface area contributed by atoms with Gasteiger partial charge >= 0.3 is 0 Å². The minimum Gasteiger partial charge on any atom is -0.508 e. The van der Waals surface area contributed by atoms with Gasteiger partial charge in [0.1, 0.15) is 23.9 Å². The third kappa shape index (κ3) is 9.70. The summed E-state index contributed by atoms with van der Waals surface area (Å²) in [5, 5.41) is 28.9. The van der Waals surface area contributed by atoms with Crippen molar-refractivity contribution in [1.82, 2.24) is 20.9 Å². The molecule has 1 heterocycles. The summed E-state index contributed by atoms with van der Waals surface area (Å²) >= 11 is 0. The number of carbonyl (C=O) groups is 4. The first-order valence-electron chi connectivity index (χ1n) is 15.1. The van der Waals surface area contributed by atoms with E-state index >= 15 is 0 Å². The highest BCUT2D eigenvalue weighted by Gasteiger charge is 2.35. The Morgan fingerprint density at radius 1 is 1.07 bits per heavy atom. The van der Waals surface area contributed by atoms with Crippen molar-refractivity contribution in [2.45, 2.75) is 62.4 Å². The first kappa shape index (κ1) is 35.4. The average molecular weight is 627 g/mol. The third-order valence-electron chi connectivity index (χ3n) is 7.83. The number of rotatable bonds is 11. The Labute approximate surface area is 262 Å². The normalized spacial score (nSPS) is 20.3. The molecule has 0 spiro atoms. The number of aromatic hydroxyl groups is 1. The number of benzene rings is 2. The third-order valence-corrected chi connectivity index (χ3v) is 7.83. The zero-order valence-electron chi connectivity index (χ0n) is 25.6. The number of nitrogens with two attached hydrogens (primary N) is 4. The van der Waals surface area contributed by atoms with E-state index in [0.29, 0.717) is 24.1 Å². The summed E-state index contributed by atoms with van der Waals surface area (Å²) in [6.45, 7) is 0.562. The van der Waals surface area contributed by atoms with Gasteiger partial charge in [0.05, 0.1) is 12.1 Å². The molecule has 0 saturated carbocycles. The maximum absolute atomic E-state index is 14.0. The predicted molar refractivity (Wildman–Crippen MR) is 169 cm³/mol. The van der Waals surface area contributed by atoms with E-state index < -0.39 is 53.9 Å². The van der Waals surface area contributed by atoms with Crippen LogP contribution in [0.5, 0.6) is 5.75 Å². The van der Waals surface area contributed by atoms with E-state index in [4.69, 9.17) is 22.9 Å². The number of hydrogen-bond donors (Lipinski definition) is 9. The Balaban J connectivity index is 2.09.